The Morgan fingerprint density at radius 3 is 1.92 bits per heavy atom. The summed E-state index contributed by atoms with van der Waals surface area (Å²) in [5, 5.41) is 0. The van der Waals surface area contributed by atoms with Gasteiger partial charge in [0.15, 0.2) is 5.82 Å². The predicted octanol–water partition coefficient (Wildman–Crippen LogP) is 4.92. The number of carbonyl (C=O) groups is 1. The average molecular weight is 339 g/mol. The molecule has 0 bridgehead atoms. The van der Waals surface area contributed by atoms with E-state index in [0.717, 1.165) is 16.7 Å². The first-order valence-electron chi connectivity index (χ1n) is 8.42. The number of benzene rings is 3. The van der Waals surface area contributed by atoms with Crippen LogP contribution in [0.1, 0.15) is 16.1 Å². The van der Waals surface area contributed by atoms with E-state index in [1.807, 2.05) is 91.9 Å². The minimum atomic E-state index is -0.135. The molecule has 0 saturated carbocycles. The first-order valence-corrected chi connectivity index (χ1v) is 8.42. The second kappa shape index (κ2) is 6.76. The van der Waals surface area contributed by atoms with Gasteiger partial charge in [0, 0.05) is 5.56 Å². The highest BCUT2D eigenvalue weighted by Gasteiger charge is 2.23. The van der Waals surface area contributed by atoms with Crippen molar-refractivity contribution in [2.24, 2.45) is 0 Å². The maximum absolute atomic E-state index is 13.3. The molecule has 26 heavy (non-hydrogen) atoms. The lowest BCUT2D eigenvalue weighted by Gasteiger charge is -2.23. The highest BCUT2D eigenvalue weighted by atomic mass is 16.2. The van der Waals surface area contributed by atoms with Crippen LogP contribution in [0, 0.1) is 6.92 Å². The Kier molecular flexibility index (Phi) is 4.15. The van der Waals surface area contributed by atoms with Gasteiger partial charge in [-0.05, 0) is 43.3 Å². The van der Waals surface area contributed by atoms with Crippen LogP contribution < -0.4 is 4.90 Å². The molecule has 0 spiro atoms. The van der Waals surface area contributed by atoms with Crippen molar-refractivity contribution in [1.82, 2.24) is 9.97 Å². The molecule has 0 N–H and O–H groups in total. The molecule has 4 aromatic rings. The van der Waals surface area contributed by atoms with E-state index in [1.165, 1.54) is 0 Å². The van der Waals surface area contributed by atoms with Gasteiger partial charge < -0.3 is 0 Å². The van der Waals surface area contributed by atoms with E-state index in [2.05, 4.69) is 4.98 Å². The standard InChI is InChI=1S/C22H17N3O/c1-16-21(24-20-15-9-8-14-19(20)23-16)25(18-12-6-3-7-13-18)22(26)17-10-4-2-5-11-17/h2-15H,1H3. The van der Waals surface area contributed by atoms with Crippen molar-refractivity contribution >= 4 is 28.4 Å². The lowest BCUT2D eigenvalue weighted by molar-refractivity contribution is 0.0998. The van der Waals surface area contributed by atoms with Crippen LogP contribution in [0.5, 0.6) is 0 Å². The fourth-order valence-electron chi connectivity index (χ4n) is 2.91. The van der Waals surface area contributed by atoms with Crippen molar-refractivity contribution in [2.75, 3.05) is 4.90 Å². The number of para-hydroxylation sites is 3. The third-order valence-electron chi connectivity index (χ3n) is 4.17. The number of hydrogen-bond donors (Lipinski definition) is 0. The lowest BCUT2D eigenvalue weighted by atomic mass is 10.1. The number of nitrogens with zero attached hydrogens (tertiary/aromatic N) is 3. The molecule has 0 aliphatic heterocycles. The number of aromatic nitrogens is 2. The van der Waals surface area contributed by atoms with Crippen molar-refractivity contribution < 1.29 is 4.79 Å². The lowest BCUT2D eigenvalue weighted by Crippen LogP contribution is -2.27. The molecule has 4 rings (SSSR count). The number of anilines is 2. The number of hydrogen-bond acceptors (Lipinski definition) is 3. The molecule has 0 unspecified atom stereocenters. The Morgan fingerprint density at radius 1 is 0.731 bits per heavy atom. The van der Waals surface area contributed by atoms with Crippen LogP contribution in [-0.2, 0) is 0 Å². The van der Waals surface area contributed by atoms with E-state index >= 15 is 0 Å². The molecule has 0 radical (unpaired) electrons. The Morgan fingerprint density at radius 2 is 1.27 bits per heavy atom. The van der Waals surface area contributed by atoms with Crippen LogP contribution in [0.25, 0.3) is 11.0 Å². The van der Waals surface area contributed by atoms with E-state index in [0.29, 0.717) is 17.1 Å². The summed E-state index contributed by atoms with van der Waals surface area (Å²) in [7, 11) is 0. The van der Waals surface area contributed by atoms with Gasteiger partial charge in [0.2, 0.25) is 0 Å². The molecule has 0 aliphatic rings. The Bertz CT molecular complexity index is 1060. The van der Waals surface area contributed by atoms with Gasteiger partial charge in [-0.25, -0.2) is 9.97 Å². The maximum Gasteiger partial charge on any atom is 0.264 e. The zero-order chi connectivity index (χ0) is 17.9. The molecule has 1 heterocycles. The first-order chi connectivity index (χ1) is 12.7. The smallest absolute Gasteiger partial charge is 0.264 e. The van der Waals surface area contributed by atoms with E-state index in [-0.39, 0.29) is 5.91 Å². The second-order valence-corrected chi connectivity index (χ2v) is 5.96. The molecule has 126 valence electrons. The molecular formula is C22H17N3O. The molecule has 4 nitrogen and oxygen atoms in total. The summed E-state index contributed by atoms with van der Waals surface area (Å²) < 4.78 is 0. The molecule has 1 amide bonds. The molecule has 0 fully saturated rings. The van der Waals surface area contributed by atoms with Crippen LogP contribution in [-0.4, -0.2) is 15.9 Å². The van der Waals surface area contributed by atoms with Crippen molar-refractivity contribution in [3.8, 4) is 0 Å². The minimum absolute atomic E-state index is 0.135. The first kappa shape index (κ1) is 16.0. The van der Waals surface area contributed by atoms with Crippen LogP contribution in [0.2, 0.25) is 0 Å². The third-order valence-corrected chi connectivity index (χ3v) is 4.17. The second-order valence-electron chi connectivity index (χ2n) is 5.96. The average Bonchev–Trinajstić information content (AvgIpc) is 2.70. The summed E-state index contributed by atoms with van der Waals surface area (Å²) in [6.45, 7) is 1.88. The summed E-state index contributed by atoms with van der Waals surface area (Å²) in [4.78, 5) is 24.3. The van der Waals surface area contributed by atoms with Gasteiger partial charge >= 0.3 is 0 Å². The summed E-state index contributed by atoms with van der Waals surface area (Å²) in [6, 6.07) is 26.4. The number of amides is 1. The molecular weight excluding hydrogens is 322 g/mol. The molecule has 0 atom stereocenters. The zero-order valence-corrected chi connectivity index (χ0v) is 14.3. The topological polar surface area (TPSA) is 46.1 Å². The number of carbonyl (C=O) groups excluding carboxylic acids is 1. The zero-order valence-electron chi connectivity index (χ0n) is 14.3. The van der Waals surface area contributed by atoms with Gasteiger partial charge in [0.25, 0.3) is 5.91 Å². The fourth-order valence-corrected chi connectivity index (χ4v) is 2.91. The Hall–Kier alpha value is -3.53. The van der Waals surface area contributed by atoms with Crippen LogP contribution in [0.15, 0.2) is 84.9 Å². The van der Waals surface area contributed by atoms with E-state index < -0.39 is 0 Å². The normalized spacial score (nSPS) is 10.7. The molecule has 0 aliphatic carbocycles. The van der Waals surface area contributed by atoms with Crippen LogP contribution in [0.3, 0.4) is 0 Å². The summed E-state index contributed by atoms with van der Waals surface area (Å²) in [5.41, 5.74) is 3.64. The van der Waals surface area contributed by atoms with Gasteiger partial charge in [-0.15, -0.1) is 0 Å². The number of rotatable bonds is 3. The highest BCUT2D eigenvalue weighted by molar-refractivity contribution is 6.10. The fraction of sp³-hybridized carbons (Fsp3) is 0.0455. The van der Waals surface area contributed by atoms with Gasteiger partial charge in [-0.2, -0.15) is 0 Å². The van der Waals surface area contributed by atoms with Crippen molar-refractivity contribution in [3.05, 3.63) is 96.2 Å². The van der Waals surface area contributed by atoms with E-state index in [9.17, 15) is 4.79 Å². The molecule has 0 saturated heterocycles. The van der Waals surface area contributed by atoms with E-state index in [1.54, 1.807) is 4.90 Å². The van der Waals surface area contributed by atoms with Gasteiger partial charge in [-0.3, -0.25) is 9.69 Å². The Balaban J connectivity index is 1.91. The summed E-state index contributed by atoms with van der Waals surface area (Å²) >= 11 is 0. The quantitative estimate of drug-likeness (QED) is 0.532. The van der Waals surface area contributed by atoms with E-state index in [4.69, 9.17) is 4.98 Å². The maximum atomic E-state index is 13.3. The van der Waals surface area contributed by atoms with Crippen molar-refractivity contribution in [1.29, 1.82) is 0 Å². The van der Waals surface area contributed by atoms with Crippen molar-refractivity contribution in [3.63, 3.8) is 0 Å². The van der Waals surface area contributed by atoms with Gasteiger partial charge in [0.05, 0.1) is 22.4 Å². The van der Waals surface area contributed by atoms with Gasteiger partial charge in [-0.1, -0.05) is 48.5 Å². The molecule has 3 aromatic carbocycles. The monoisotopic (exact) mass is 339 g/mol. The van der Waals surface area contributed by atoms with Gasteiger partial charge in [0.1, 0.15) is 0 Å². The minimum Gasteiger partial charge on any atom is -0.268 e. The molecule has 1 aromatic heterocycles. The third kappa shape index (κ3) is 2.93. The van der Waals surface area contributed by atoms with Crippen LogP contribution in [0.4, 0.5) is 11.5 Å². The van der Waals surface area contributed by atoms with Crippen molar-refractivity contribution in [2.45, 2.75) is 6.92 Å². The SMILES string of the molecule is Cc1nc2ccccc2nc1N(C(=O)c1ccccc1)c1ccccc1. The summed E-state index contributed by atoms with van der Waals surface area (Å²) in [6.07, 6.45) is 0. The Labute approximate surface area is 151 Å². The molecule has 4 heteroatoms. The van der Waals surface area contributed by atoms with Crippen LogP contribution >= 0.6 is 0 Å². The number of aryl methyl sites for hydroxylation is 1. The number of fused-ring (bicyclic) bond motifs is 1. The summed E-state index contributed by atoms with van der Waals surface area (Å²) in [5.74, 6) is 0.410. The highest BCUT2D eigenvalue weighted by Crippen LogP contribution is 2.29. The predicted molar refractivity (Wildman–Crippen MR) is 104 cm³/mol. The largest absolute Gasteiger partial charge is 0.268 e.